The van der Waals surface area contributed by atoms with E-state index in [1.54, 1.807) is 43.3 Å². The number of ether oxygens (including phenoxy) is 5. The Morgan fingerprint density at radius 1 is 1.00 bits per heavy atom. The Balaban J connectivity index is 1.72. The predicted octanol–water partition coefficient (Wildman–Crippen LogP) is 4.00. The minimum absolute atomic E-state index is 0.0691. The van der Waals surface area contributed by atoms with E-state index >= 15 is 0 Å². The number of methoxy groups -OCH3 is 1. The molecule has 39 heavy (non-hydrogen) atoms. The van der Waals surface area contributed by atoms with Crippen molar-refractivity contribution >= 4 is 17.8 Å². The number of carbonyl (C=O) groups excluding carboxylic acids is 3. The summed E-state index contributed by atoms with van der Waals surface area (Å²) in [5, 5.41) is 2.52. The van der Waals surface area contributed by atoms with Crippen LogP contribution in [0.2, 0.25) is 0 Å². The molecular weight excluding hydrogens is 511 g/mol. The van der Waals surface area contributed by atoms with Crippen LogP contribution in [-0.2, 0) is 19.1 Å². The molecule has 0 fully saturated rings. The molecule has 10 nitrogen and oxygen atoms in total. The van der Waals surface area contributed by atoms with Crippen LogP contribution in [0.15, 0.2) is 66.9 Å². The third kappa shape index (κ3) is 8.16. The Morgan fingerprint density at radius 2 is 1.69 bits per heavy atom. The zero-order chi connectivity index (χ0) is 28.4. The first kappa shape index (κ1) is 28.9. The molecule has 3 atom stereocenters. The number of hydrogen-bond donors (Lipinski definition) is 1. The molecule has 0 bridgehead atoms. The fourth-order valence-corrected chi connectivity index (χ4v) is 3.47. The fraction of sp³-hybridized carbons (Fsp3) is 0.286. The second-order valence-electron chi connectivity index (χ2n) is 8.33. The van der Waals surface area contributed by atoms with Crippen molar-refractivity contribution in [1.82, 2.24) is 10.3 Å². The van der Waals surface area contributed by atoms with Gasteiger partial charge < -0.3 is 29.0 Å². The van der Waals surface area contributed by atoms with E-state index < -0.39 is 48.7 Å². The summed E-state index contributed by atoms with van der Waals surface area (Å²) in [4.78, 5) is 41.0. The first-order chi connectivity index (χ1) is 18.7. The van der Waals surface area contributed by atoms with Crippen molar-refractivity contribution in [2.75, 3.05) is 13.9 Å². The van der Waals surface area contributed by atoms with Crippen molar-refractivity contribution in [3.63, 3.8) is 0 Å². The van der Waals surface area contributed by atoms with Gasteiger partial charge in [0, 0.05) is 19.2 Å². The topological polar surface area (TPSA) is 122 Å². The number of halogens is 1. The summed E-state index contributed by atoms with van der Waals surface area (Å²) >= 11 is 0. The maximum atomic E-state index is 13.5. The van der Waals surface area contributed by atoms with E-state index in [0.29, 0.717) is 11.3 Å². The number of nitrogens with one attached hydrogen (secondary N) is 1. The Morgan fingerprint density at radius 3 is 2.33 bits per heavy atom. The quantitative estimate of drug-likeness (QED) is 0.268. The number of rotatable bonds is 12. The largest absolute Gasteiger partial charge is 0.493 e. The van der Waals surface area contributed by atoms with Gasteiger partial charge in [-0.2, -0.15) is 0 Å². The SMILES string of the molecule is COc1ccnc(C(=O)N[C@@H](C)C(=O)O[C@@H](C)[C@H](Oc2ccccc2)c2ccc(F)cc2)c1OCOC(C)=O. The van der Waals surface area contributed by atoms with Crippen LogP contribution in [0.4, 0.5) is 4.39 Å². The molecule has 1 N–H and O–H groups in total. The maximum Gasteiger partial charge on any atom is 0.328 e. The number of nitrogens with zero attached hydrogens (tertiary/aromatic N) is 1. The number of aromatic nitrogens is 1. The summed E-state index contributed by atoms with van der Waals surface area (Å²) in [6, 6.07) is 14.9. The van der Waals surface area contributed by atoms with Gasteiger partial charge in [-0.05, 0) is 43.7 Å². The highest BCUT2D eigenvalue weighted by molar-refractivity contribution is 5.98. The molecule has 3 rings (SSSR count). The molecule has 0 aliphatic rings. The van der Waals surface area contributed by atoms with E-state index in [1.807, 2.05) is 6.07 Å². The molecule has 3 aromatic rings. The lowest BCUT2D eigenvalue weighted by Crippen LogP contribution is -2.42. The highest BCUT2D eigenvalue weighted by atomic mass is 19.1. The lowest BCUT2D eigenvalue weighted by molar-refractivity contribution is -0.155. The molecule has 0 aliphatic heterocycles. The van der Waals surface area contributed by atoms with Gasteiger partial charge in [0.1, 0.15) is 23.7 Å². The highest BCUT2D eigenvalue weighted by Gasteiger charge is 2.29. The van der Waals surface area contributed by atoms with Crippen LogP contribution in [0, 0.1) is 5.82 Å². The molecule has 0 spiro atoms. The minimum Gasteiger partial charge on any atom is -0.493 e. The van der Waals surface area contributed by atoms with E-state index in [9.17, 15) is 18.8 Å². The van der Waals surface area contributed by atoms with Gasteiger partial charge in [-0.25, -0.2) is 14.2 Å². The number of esters is 2. The van der Waals surface area contributed by atoms with E-state index in [2.05, 4.69) is 10.3 Å². The van der Waals surface area contributed by atoms with Gasteiger partial charge in [0.05, 0.1) is 7.11 Å². The van der Waals surface area contributed by atoms with Gasteiger partial charge in [-0.1, -0.05) is 30.3 Å². The molecule has 1 aromatic heterocycles. The van der Waals surface area contributed by atoms with Crippen molar-refractivity contribution in [2.45, 2.75) is 39.0 Å². The number of pyridine rings is 1. The first-order valence-corrected chi connectivity index (χ1v) is 12.0. The van der Waals surface area contributed by atoms with Crippen molar-refractivity contribution < 1.29 is 42.5 Å². The molecule has 0 saturated heterocycles. The average Bonchev–Trinajstić information content (AvgIpc) is 2.92. The zero-order valence-electron chi connectivity index (χ0n) is 21.9. The molecule has 2 aromatic carbocycles. The fourth-order valence-electron chi connectivity index (χ4n) is 3.47. The zero-order valence-corrected chi connectivity index (χ0v) is 21.9. The number of benzene rings is 2. The molecule has 0 aliphatic carbocycles. The summed E-state index contributed by atoms with van der Waals surface area (Å²) in [7, 11) is 1.37. The summed E-state index contributed by atoms with van der Waals surface area (Å²) in [6.07, 6.45) is -0.257. The lowest BCUT2D eigenvalue weighted by Gasteiger charge is -2.27. The average molecular weight is 541 g/mol. The molecule has 206 valence electrons. The van der Waals surface area contributed by atoms with E-state index in [0.717, 1.165) is 0 Å². The number of carbonyl (C=O) groups is 3. The van der Waals surface area contributed by atoms with E-state index in [1.165, 1.54) is 45.4 Å². The normalized spacial score (nSPS) is 12.8. The first-order valence-electron chi connectivity index (χ1n) is 12.0. The molecule has 0 saturated carbocycles. The van der Waals surface area contributed by atoms with Crippen molar-refractivity contribution in [1.29, 1.82) is 0 Å². The lowest BCUT2D eigenvalue weighted by atomic mass is 10.0. The molecule has 1 heterocycles. The van der Waals surface area contributed by atoms with Gasteiger partial charge in [-0.3, -0.25) is 9.59 Å². The number of para-hydroxylation sites is 1. The predicted molar refractivity (Wildman–Crippen MR) is 137 cm³/mol. The summed E-state index contributed by atoms with van der Waals surface area (Å²) < 4.78 is 40.6. The van der Waals surface area contributed by atoms with Crippen LogP contribution in [0.1, 0.15) is 42.9 Å². The molecule has 0 radical (unpaired) electrons. The van der Waals surface area contributed by atoms with Crippen LogP contribution in [0.25, 0.3) is 0 Å². The Hall–Kier alpha value is -4.67. The van der Waals surface area contributed by atoms with Crippen LogP contribution in [-0.4, -0.2) is 48.9 Å². The second kappa shape index (κ2) is 13.8. The van der Waals surface area contributed by atoms with Gasteiger partial charge in [0.2, 0.25) is 6.79 Å². The minimum atomic E-state index is -1.10. The van der Waals surface area contributed by atoms with Crippen LogP contribution < -0.4 is 19.5 Å². The monoisotopic (exact) mass is 540 g/mol. The molecule has 11 heteroatoms. The Labute approximate surface area is 225 Å². The van der Waals surface area contributed by atoms with Gasteiger partial charge >= 0.3 is 11.9 Å². The molecule has 1 amide bonds. The van der Waals surface area contributed by atoms with Crippen molar-refractivity contribution in [3.05, 3.63) is 83.9 Å². The van der Waals surface area contributed by atoms with E-state index in [4.69, 9.17) is 23.7 Å². The van der Waals surface area contributed by atoms with Gasteiger partial charge in [0.25, 0.3) is 5.91 Å². The van der Waals surface area contributed by atoms with Crippen molar-refractivity contribution in [3.8, 4) is 17.2 Å². The van der Waals surface area contributed by atoms with Crippen molar-refractivity contribution in [2.24, 2.45) is 0 Å². The number of amides is 1. The number of hydrogen-bond acceptors (Lipinski definition) is 9. The maximum absolute atomic E-state index is 13.5. The standard InChI is InChI=1S/C28H29FN2O8/c1-17(31-27(33)24-26(37-16-36-19(3)32)23(35-4)14-15-30-24)28(34)38-18(2)25(20-10-12-21(29)13-11-20)39-22-8-6-5-7-9-22/h5-15,17-18,25H,16H2,1-4H3,(H,31,33)/t17-,18-,25-/m0/s1. The van der Waals surface area contributed by atoms with Gasteiger partial charge in [0.15, 0.2) is 23.3 Å². The molecular formula is C28H29FN2O8. The summed E-state index contributed by atoms with van der Waals surface area (Å²) in [6.45, 7) is 3.81. The highest BCUT2D eigenvalue weighted by Crippen LogP contribution is 2.30. The van der Waals surface area contributed by atoms with Crippen LogP contribution in [0.5, 0.6) is 17.2 Å². The third-order valence-electron chi connectivity index (χ3n) is 5.40. The van der Waals surface area contributed by atoms with Gasteiger partial charge in [-0.15, -0.1) is 0 Å². The summed E-state index contributed by atoms with van der Waals surface area (Å²) in [5.74, 6) is -1.86. The Kier molecular flexibility index (Phi) is 10.2. The Bertz CT molecular complexity index is 1270. The molecule has 0 unspecified atom stereocenters. The van der Waals surface area contributed by atoms with E-state index in [-0.39, 0.29) is 17.2 Å². The third-order valence-corrected chi connectivity index (χ3v) is 5.40. The smallest absolute Gasteiger partial charge is 0.328 e. The summed E-state index contributed by atoms with van der Waals surface area (Å²) in [5.41, 5.74) is 0.401. The second-order valence-corrected chi connectivity index (χ2v) is 8.33. The van der Waals surface area contributed by atoms with Crippen LogP contribution in [0.3, 0.4) is 0 Å². The van der Waals surface area contributed by atoms with Crippen LogP contribution >= 0.6 is 0 Å².